The molecule has 1 saturated carbocycles. The summed E-state index contributed by atoms with van der Waals surface area (Å²) in [5.74, 6) is 0.433. The molecule has 22 heavy (non-hydrogen) atoms. The van der Waals surface area contributed by atoms with Gasteiger partial charge in [0.25, 0.3) is 0 Å². The Morgan fingerprint density at radius 2 is 2.14 bits per heavy atom. The molecule has 1 atom stereocenters. The summed E-state index contributed by atoms with van der Waals surface area (Å²) in [4.78, 5) is 16.7. The van der Waals surface area contributed by atoms with Gasteiger partial charge < -0.3 is 14.6 Å². The van der Waals surface area contributed by atoms with Crippen molar-refractivity contribution in [3.63, 3.8) is 0 Å². The van der Waals surface area contributed by atoms with Crippen LogP contribution in [0.5, 0.6) is 0 Å². The van der Waals surface area contributed by atoms with Crippen LogP contribution in [0, 0.1) is 13.8 Å². The smallest absolute Gasteiger partial charge is 0.230 e. The number of aromatic nitrogens is 2. The molecule has 124 valence electrons. The van der Waals surface area contributed by atoms with E-state index in [2.05, 4.69) is 21.8 Å². The number of hydrogen-bond donors (Lipinski definition) is 1. The van der Waals surface area contributed by atoms with E-state index in [1.807, 2.05) is 13.8 Å². The van der Waals surface area contributed by atoms with Crippen molar-refractivity contribution in [3.05, 3.63) is 11.4 Å². The highest BCUT2D eigenvalue weighted by molar-refractivity contribution is 7.99. The van der Waals surface area contributed by atoms with Crippen molar-refractivity contribution in [2.75, 3.05) is 19.5 Å². The van der Waals surface area contributed by atoms with Gasteiger partial charge in [-0.2, -0.15) is 0 Å². The van der Waals surface area contributed by atoms with Gasteiger partial charge in [-0.3, -0.25) is 4.79 Å². The molecule has 6 heteroatoms. The van der Waals surface area contributed by atoms with Crippen LogP contribution in [0.2, 0.25) is 0 Å². The van der Waals surface area contributed by atoms with Gasteiger partial charge in [-0.05, 0) is 33.6 Å². The van der Waals surface area contributed by atoms with E-state index in [1.54, 1.807) is 7.11 Å². The Morgan fingerprint density at radius 3 is 2.77 bits per heavy atom. The first-order chi connectivity index (χ1) is 10.5. The maximum atomic E-state index is 12.0. The van der Waals surface area contributed by atoms with Crippen molar-refractivity contribution < 1.29 is 9.53 Å². The van der Waals surface area contributed by atoms with Crippen LogP contribution in [0.1, 0.15) is 50.0 Å². The molecular weight excluding hydrogens is 298 g/mol. The third kappa shape index (κ3) is 4.26. The van der Waals surface area contributed by atoms with Gasteiger partial charge in [0, 0.05) is 24.9 Å². The van der Waals surface area contributed by atoms with E-state index in [0.29, 0.717) is 18.4 Å². The summed E-state index contributed by atoms with van der Waals surface area (Å²) in [6.45, 7) is 6.65. The molecular formula is C16H27N3O2S. The maximum absolute atomic E-state index is 12.0. The number of nitrogens with zero attached hydrogens (tertiary/aromatic N) is 2. The number of carbonyl (C=O) groups is 1. The van der Waals surface area contributed by atoms with E-state index < -0.39 is 0 Å². The zero-order valence-corrected chi connectivity index (χ0v) is 14.8. The van der Waals surface area contributed by atoms with Gasteiger partial charge >= 0.3 is 0 Å². The lowest BCUT2D eigenvalue weighted by atomic mass is 10.2. The lowest BCUT2D eigenvalue weighted by Crippen LogP contribution is -2.36. The molecule has 1 aliphatic rings. The third-order valence-electron chi connectivity index (χ3n) is 4.20. The van der Waals surface area contributed by atoms with E-state index >= 15 is 0 Å². The fraction of sp³-hybridized carbons (Fsp3) is 0.750. The Kier molecular flexibility index (Phi) is 6.32. The predicted octanol–water partition coefficient (Wildman–Crippen LogP) is 2.86. The van der Waals surface area contributed by atoms with Crippen LogP contribution in [0.25, 0.3) is 0 Å². The summed E-state index contributed by atoms with van der Waals surface area (Å²) in [6, 6.07) is 0.593. The average molecular weight is 325 g/mol. The van der Waals surface area contributed by atoms with Crippen molar-refractivity contribution in [2.24, 2.45) is 0 Å². The van der Waals surface area contributed by atoms with E-state index in [1.165, 1.54) is 43.1 Å². The van der Waals surface area contributed by atoms with Gasteiger partial charge in [-0.15, -0.1) is 0 Å². The third-order valence-corrected chi connectivity index (χ3v) is 5.15. The number of imidazole rings is 1. The molecule has 0 spiro atoms. The molecule has 1 amide bonds. The fourth-order valence-electron chi connectivity index (χ4n) is 3.03. The van der Waals surface area contributed by atoms with E-state index in [4.69, 9.17) is 4.74 Å². The van der Waals surface area contributed by atoms with Crippen LogP contribution in [-0.4, -0.2) is 41.0 Å². The molecule has 1 fully saturated rings. The Bertz CT molecular complexity index is 510. The number of thioether (sulfide) groups is 1. The number of ether oxygens (including phenoxy) is 1. The summed E-state index contributed by atoms with van der Waals surface area (Å²) >= 11 is 1.54. The van der Waals surface area contributed by atoms with E-state index in [0.717, 1.165) is 10.9 Å². The van der Waals surface area contributed by atoms with Crippen LogP contribution < -0.4 is 5.32 Å². The first-order valence-electron chi connectivity index (χ1n) is 7.99. The molecule has 1 N–H and O–H groups in total. The van der Waals surface area contributed by atoms with Crippen LogP contribution in [-0.2, 0) is 9.53 Å². The highest BCUT2D eigenvalue weighted by Crippen LogP contribution is 2.35. The molecule has 1 aliphatic carbocycles. The van der Waals surface area contributed by atoms with Crippen molar-refractivity contribution in [2.45, 2.75) is 63.7 Å². The van der Waals surface area contributed by atoms with Gasteiger partial charge in [-0.1, -0.05) is 24.6 Å². The average Bonchev–Trinajstić information content (AvgIpc) is 3.06. The summed E-state index contributed by atoms with van der Waals surface area (Å²) in [7, 11) is 1.64. The molecule has 1 aromatic rings. The van der Waals surface area contributed by atoms with Crippen molar-refractivity contribution in [1.82, 2.24) is 14.9 Å². The topological polar surface area (TPSA) is 56.1 Å². The van der Waals surface area contributed by atoms with Gasteiger partial charge in [0.05, 0.1) is 18.1 Å². The summed E-state index contributed by atoms with van der Waals surface area (Å²) < 4.78 is 7.38. The highest BCUT2D eigenvalue weighted by atomic mass is 32.2. The minimum absolute atomic E-state index is 0.0332. The Labute approximate surface area is 137 Å². The fourth-order valence-corrected chi connectivity index (χ4v) is 4.00. The number of methoxy groups -OCH3 is 1. The monoisotopic (exact) mass is 325 g/mol. The molecule has 1 aromatic heterocycles. The molecule has 0 saturated heterocycles. The number of nitrogens with one attached hydrogen (secondary N) is 1. The van der Waals surface area contributed by atoms with Crippen LogP contribution in [0.3, 0.4) is 0 Å². The second kappa shape index (κ2) is 8.02. The quantitative estimate of drug-likeness (QED) is 0.783. The standard InChI is InChI=1S/C16H27N3O2S/c1-11(9-21-4)17-15(20)10-22-16-18-12(2)13(3)19(16)14-7-5-6-8-14/h11,14H,5-10H2,1-4H3,(H,17,20)/t11-/m0/s1. The molecule has 5 nitrogen and oxygen atoms in total. The molecule has 2 rings (SSSR count). The van der Waals surface area contributed by atoms with E-state index in [-0.39, 0.29) is 11.9 Å². The normalized spacial score (nSPS) is 16.9. The molecule has 1 heterocycles. The minimum Gasteiger partial charge on any atom is -0.383 e. The second-order valence-corrected chi connectivity index (χ2v) is 7.03. The van der Waals surface area contributed by atoms with Crippen LogP contribution >= 0.6 is 11.8 Å². The van der Waals surface area contributed by atoms with Crippen molar-refractivity contribution in [1.29, 1.82) is 0 Å². The van der Waals surface area contributed by atoms with Gasteiger partial charge in [0.2, 0.25) is 5.91 Å². The Morgan fingerprint density at radius 1 is 1.45 bits per heavy atom. The lowest BCUT2D eigenvalue weighted by molar-refractivity contribution is -0.119. The minimum atomic E-state index is 0.0332. The number of hydrogen-bond acceptors (Lipinski definition) is 4. The second-order valence-electron chi connectivity index (χ2n) is 6.09. The molecule has 0 unspecified atom stereocenters. The number of amides is 1. The van der Waals surface area contributed by atoms with Crippen LogP contribution in [0.15, 0.2) is 5.16 Å². The summed E-state index contributed by atoms with van der Waals surface area (Å²) in [5.41, 5.74) is 2.31. The first kappa shape index (κ1) is 17.3. The molecule has 0 radical (unpaired) electrons. The van der Waals surface area contributed by atoms with Gasteiger partial charge in [0.1, 0.15) is 0 Å². The molecule has 0 aromatic carbocycles. The molecule has 0 bridgehead atoms. The summed E-state index contributed by atoms with van der Waals surface area (Å²) in [6.07, 6.45) is 5.03. The Hall–Kier alpha value is -1.01. The van der Waals surface area contributed by atoms with Crippen LogP contribution in [0.4, 0.5) is 0 Å². The van der Waals surface area contributed by atoms with Gasteiger partial charge in [-0.25, -0.2) is 4.98 Å². The maximum Gasteiger partial charge on any atom is 0.230 e. The zero-order valence-electron chi connectivity index (χ0n) is 14.0. The lowest BCUT2D eigenvalue weighted by Gasteiger charge is -2.17. The first-order valence-corrected chi connectivity index (χ1v) is 8.98. The number of rotatable bonds is 7. The predicted molar refractivity (Wildman–Crippen MR) is 89.4 cm³/mol. The highest BCUT2D eigenvalue weighted by Gasteiger charge is 2.23. The SMILES string of the molecule is COC[C@H](C)NC(=O)CSc1nc(C)c(C)n1C1CCCC1. The Balaban J connectivity index is 1.97. The molecule has 0 aliphatic heterocycles. The van der Waals surface area contributed by atoms with Gasteiger partial charge in [0.15, 0.2) is 5.16 Å². The van der Waals surface area contributed by atoms with Crippen molar-refractivity contribution in [3.8, 4) is 0 Å². The number of aryl methyl sites for hydroxylation is 1. The van der Waals surface area contributed by atoms with Crippen molar-refractivity contribution >= 4 is 17.7 Å². The largest absolute Gasteiger partial charge is 0.383 e. The number of carbonyl (C=O) groups excluding carboxylic acids is 1. The summed E-state index contributed by atoms with van der Waals surface area (Å²) in [5, 5.41) is 3.92. The zero-order chi connectivity index (χ0) is 16.1. The van der Waals surface area contributed by atoms with E-state index in [9.17, 15) is 4.79 Å².